The molecule has 0 fully saturated rings. The molecule has 21 heavy (non-hydrogen) atoms. The third-order valence-electron chi connectivity index (χ3n) is 3.34. The zero-order valence-corrected chi connectivity index (χ0v) is 14.3. The molecule has 2 aromatic carbocycles. The fourth-order valence-electron chi connectivity index (χ4n) is 2.28. The Morgan fingerprint density at radius 1 is 1.05 bits per heavy atom. The zero-order valence-electron chi connectivity index (χ0n) is 12.7. The smallest absolute Gasteiger partial charge is 0.124 e. The van der Waals surface area contributed by atoms with Crippen molar-refractivity contribution in [3.05, 3.63) is 52.0 Å². The Balaban J connectivity index is 2.27. The number of ether oxygens (including phenoxy) is 2. The number of hydrogen-bond donors (Lipinski definition) is 1. The van der Waals surface area contributed by atoms with Crippen LogP contribution in [0.25, 0.3) is 0 Å². The summed E-state index contributed by atoms with van der Waals surface area (Å²) in [5.74, 6) is 1.71. The number of nitrogens with one attached hydrogen (secondary N) is 1. The Morgan fingerprint density at radius 2 is 1.81 bits per heavy atom. The number of anilines is 1. The highest BCUT2D eigenvalue weighted by Crippen LogP contribution is 2.31. The number of benzene rings is 2. The Hall–Kier alpha value is -1.68. The molecule has 2 aromatic rings. The molecule has 1 unspecified atom stereocenters. The lowest BCUT2D eigenvalue weighted by molar-refractivity contribution is 0.407. The first-order valence-electron chi connectivity index (χ1n) is 6.79. The fourth-order valence-corrected chi connectivity index (χ4v) is 2.76. The van der Waals surface area contributed by atoms with Gasteiger partial charge in [-0.25, -0.2) is 0 Å². The van der Waals surface area contributed by atoms with E-state index in [2.05, 4.69) is 47.2 Å². The Morgan fingerprint density at radius 3 is 2.48 bits per heavy atom. The first kappa shape index (κ1) is 15.7. The molecule has 4 heteroatoms. The minimum Gasteiger partial charge on any atom is -0.497 e. The molecule has 0 aromatic heterocycles. The monoisotopic (exact) mass is 349 g/mol. The van der Waals surface area contributed by atoms with Crippen molar-refractivity contribution in [1.82, 2.24) is 0 Å². The van der Waals surface area contributed by atoms with Crippen molar-refractivity contribution in [3.63, 3.8) is 0 Å². The van der Waals surface area contributed by atoms with E-state index in [-0.39, 0.29) is 6.04 Å². The average Bonchev–Trinajstić information content (AvgIpc) is 2.46. The minimum atomic E-state index is 0.124. The summed E-state index contributed by atoms with van der Waals surface area (Å²) in [5.41, 5.74) is 3.35. The summed E-state index contributed by atoms with van der Waals surface area (Å²) in [4.78, 5) is 0. The Kier molecular flexibility index (Phi) is 5.12. The molecule has 0 saturated carbocycles. The predicted octanol–water partition coefficient (Wildman–Crippen LogP) is 4.95. The third kappa shape index (κ3) is 3.91. The molecule has 0 aliphatic rings. The van der Waals surface area contributed by atoms with E-state index in [9.17, 15) is 0 Å². The van der Waals surface area contributed by atoms with E-state index in [4.69, 9.17) is 9.47 Å². The van der Waals surface area contributed by atoms with E-state index in [1.54, 1.807) is 14.2 Å². The van der Waals surface area contributed by atoms with Gasteiger partial charge in [0, 0.05) is 21.8 Å². The minimum absolute atomic E-state index is 0.124. The van der Waals surface area contributed by atoms with Gasteiger partial charge in [0.05, 0.1) is 20.3 Å². The highest BCUT2D eigenvalue weighted by atomic mass is 79.9. The molecule has 0 amide bonds. The molecule has 0 bridgehead atoms. The molecule has 1 N–H and O–H groups in total. The molecule has 0 aliphatic heterocycles. The third-order valence-corrected chi connectivity index (χ3v) is 3.80. The quantitative estimate of drug-likeness (QED) is 0.828. The van der Waals surface area contributed by atoms with Crippen LogP contribution >= 0.6 is 15.9 Å². The number of halogens is 1. The van der Waals surface area contributed by atoms with Crippen LogP contribution in [-0.4, -0.2) is 14.2 Å². The van der Waals surface area contributed by atoms with Crippen LogP contribution in [0.3, 0.4) is 0 Å². The van der Waals surface area contributed by atoms with Crippen LogP contribution < -0.4 is 14.8 Å². The van der Waals surface area contributed by atoms with Gasteiger partial charge in [-0.3, -0.25) is 0 Å². The van der Waals surface area contributed by atoms with Crippen molar-refractivity contribution in [3.8, 4) is 11.5 Å². The summed E-state index contributed by atoms with van der Waals surface area (Å²) in [7, 11) is 3.36. The van der Waals surface area contributed by atoms with E-state index in [0.717, 1.165) is 27.2 Å². The van der Waals surface area contributed by atoms with Crippen LogP contribution in [-0.2, 0) is 0 Å². The van der Waals surface area contributed by atoms with E-state index < -0.39 is 0 Å². The van der Waals surface area contributed by atoms with Crippen LogP contribution in [0, 0.1) is 6.92 Å². The summed E-state index contributed by atoms with van der Waals surface area (Å²) in [5, 5.41) is 3.49. The standard InChI is InChI=1S/C17H20BrNO2/c1-11-5-6-17(21-4)16(7-11)12(2)19-14-8-13(18)9-15(10-14)20-3/h5-10,12,19H,1-4H3. The van der Waals surface area contributed by atoms with Gasteiger partial charge in [0.1, 0.15) is 11.5 Å². The van der Waals surface area contributed by atoms with Crippen LogP contribution in [0.15, 0.2) is 40.9 Å². The molecular weight excluding hydrogens is 330 g/mol. The van der Waals surface area contributed by atoms with Crippen LogP contribution in [0.5, 0.6) is 11.5 Å². The highest BCUT2D eigenvalue weighted by Gasteiger charge is 2.12. The van der Waals surface area contributed by atoms with Gasteiger partial charge in [0.25, 0.3) is 0 Å². The van der Waals surface area contributed by atoms with Gasteiger partial charge in [0.15, 0.2) is 0 Å². The number of aryl methyl sites for hydroxylation is 1. The molecule has 0 saturated heterocycles. The van der Waals surface area contributed by atoms with Gasteiger partial charge in [-0.1, -0.05) is 33.6 Å². The number of methoxy groups -OCH3 is 2. The molecule has 3 nitrogen and oxygen atoms in total. The summed E-state index contributed by atoms with van der Waals surface area (Å²) in [6.45, 7) is 4.20. The summed E-state index contributed by atoms with van der Waals surface area (Å²) < 4.78 is 11.7. The van der Waals surface area contributed by atoms with Crippen molar-refractivity contribution in [2.45, 2.75) is 19.9 Å². The SMILES string of the molecule is COc1cc(Br)cc(NC(C)c2cc(C)ccc2OC)c1. The normalized spacial score (nSPS) is 11.9. The second kappa shape index (κ2) is 6.85. The zero-order chi connectivity index (χ0) is 15.4. The van der Waals surface area contributed by atoms with Crippen LogP contribution in [0.2, 0.25) is 0 Å². The predicted molar refractivity (Wildman–Crippen MR) is 90.5 cm³/mol. The van der Waals surface area contributed by atoms with Crippen molar-refractivity contribution in [2.24, 2.45) is 0 Å². The van der Waals surface area contributed by atoms with E-state index >= 15 is 0 Å². The molecule has 1 atom stereocenters. The Labute approximate surface area is 134 Å². The van der Waals surface area contributed by atoms with Crippen LogP contribution in [0.1, 0.15) is 24.1 Å². The van der Waals surface area contributed by atoms with Crippen molar-refractivity contribution < 1.29 is 9.47 Å². The van der Waals surface area contributed by atoms with Gasteiger partial charge < -0.3 is 14.8 Å². The second-order valence-electron chi connectivity index (χ2n) is 4.99. The summed E-state index contributed by atoms with van der Waals surface area (Å²) in [6.07, 6.45) is 0. The number of hydrogen-bond acceptors (Lipinski definition) is 3. The average molecular weight is 350 g/mol. The highest BCUT2D eigenvalue weighted by molar-refractivity contribution is 9.10. The van der Waals surface area contributed by atoms with Gasteiger partial charge in [0.2, 0.25) is 0 Å². The molecule has 0 heterocycles. The van der Waals surface area contributed by atoms with E-state index in [0.29, 0.717) is 0 Å². The second-order valence-corrected chi connectivity index (χ2v) is 5.91. The van der Waals surface area contributed by atoms with Gasteiger partial charge in [-0.2, -0.15) is 0 Å². The van der Waals surface area contributed by atoms with Crippen molar-refractivity contribution in [1.29, 1.82) is 0 Å². The molecule has 2 rings (SSSR count). The maximum absolute atomic E-state index is 5.45. The van der Waals surface area contributed by atoms with Gasteiger partial charge >= 0.3 is 0 Å². The molecule has 0 radical (unpaired) electrons. The first-order valence-corrected chi connectivity index (χ1v) is 7.58. The lowest BCUT2D eigenvalue weighted by atomic mass is 10.0. The van der Waals surface area contributed by atoms with Crippen molar-refractivity contribution >= 4 is 21.6 Å². The van der Waals surface area contributed by atoms with E-state index in [1.165, 1.54) is 5.56 Å². The fraction of sp³-hybridized carbons (Fsp3) is 0.294. The maximum Gasteiger partial charge on any atom is 0.124 e. The summed E-state index contributed by atoms with van der Waals surface area (Å²) >= 11 is 3.50. The van der Waals surface area contributed by atoms with Gasteiger partial charge in [-0.15, -0.1) is 0 Å². The molecular formula is C17H20BrNO2. The van der Waals surface area contributed by atoms with Crippen LogP contribution in [0.4, 0.5) is 5.69 Å². The lowest BCUT2D eigenvalue weighted by Gasteiger charge is -2.19. The lowest BCUT2D eigenvalue weighted by Crippen LogP contribution is -2.08. The van der Waals surface area contributed by atoms with Crippen molar-refractivity contribution in [2.75, 3.05) is 19.5 Å². The topological polar surface area (TPSA) is 30.5 Å². The first-order chi connectivity index (χ1) is 10.0. The largest absolute Gasteiger partial charge is 0.497 e. The van der Waals surface area contributed by atoms with E-state index in [1.807, 2.05) is 24.3 Å². The molecule has 0 aliphatic carbocycles. The molecule has 112 valence electrons. The Bertz CT molecular complexity index is 628. The van der Waals surface area contributed by atoms with Gasteiger partial charge in [-0.05, 0) is 32.0 Å². The summed E-state index contributed by atoms with van der Waals surface area (Å²) in [6, 6.07) is 12.3. The number of rotatable bonds is 5. The molecule has 0 spiro atoms. The maximum atomic E-state index is 5.45.